The van der Waals surface area contributed by atoms with Crippen LogP contribution in [-0.2, 0) is 17.5 Å². The van der Waals surface area contributed by atoms with Crippen molar-refractivity contribution in [3.8, 4) is 0 Å². The number of nitrogens with one attached hydrogen (secondary N) is 1. The average Bonchev–Trinajstić information content (AvgIpc) is 3.27. The second-order valence-electron chi connectivity index (χ2n) is 8.11. The highest BCUT2D eigenvalue weighted by Gasteiger charge is 2.36. The maximum Gasteiger partial charge on any atom is 0.416 e. The van der Waals surface area contributed by atoms with Crippen LogP contribution in [0.3, 0.4) is 0 Å². The van der Waals surface area contributed by atoms with Crippen LogP contribution in [0.2, 0.25) is 0 Å². The molecule has 1 aromatic carbocycles. The number of hydrogen-bond acceptors (Lipinski definition) is 6. The van der Waals surface area contributed by atoms with Crippen molar-refractivity contribution in [1.82, 2.24) is 25.3 Å². The summed E-state index contributed by atoms with van der Waals surface area (Å²) in [5.41, 5.74) is 0.0613. The van der Waals surface area contributed by atoms with E-state index in [4.69, 9.17) is 9.26 Å². The molecular formula is C21H26F3N5O3. The fourth-order valence-corrected chi connectivity index (χ4v) is 4.24. The van der Waals surface area contributed by atoms with E-state index in [0.29, 0.717) is 64.1 Å². The number of rotatable bonds is 4. The molecule has 2 amide bonds. The van der Waals surface area contributed by atoms with E-state index in [-0.39, 0.29) is 17.9 Å². The van der Waals surface area contributed by atoms with Gasteiger partial charge in [0.05, 0.1) is 25.3 Å². The first-order chi connectivity index (χ1) is 15.3. The van der Waals surface area contributed by atoms with E-state index in [1.54, 1.807) is 16.8 Å². The molecule has 0 spiro atoms. The van der Waals surface area contributed by atoms with Crippen LogP contribution in [0, 0.1) is 0 Å². The van der Waals surface area contributed by atoms with Crippen molar-refractivity contribution in [3.05, 3.63) is 47.1 Å². The molecule has 4 rings (SSSR count). The zero-order chi connectivity index (χ0) is 22.7. The third-order valence-corrected chi connectivity index (χ3v) is 5.89. The van der Waals surface area contributed by atoms with Gasteiger partial charge in [-0.15, -0.1) is 0 Å². The molecule has 174 valence electrons. The van der Waals surface area contributed by atoms with Crippen LogP contribution in [0.1, 0.15) is 41.1 Å². The lowest BCUT2D eigenvalue weighted by molar-refractivity contribution is -0.137. The standard InChI is InChI=1S/C21H26F3N5O3/c1-25-11-18-26-19(27-32-18)16-10-15(14-2-4-17(5-3-14)21(22,23)24)12-29(13-16)20(30)28-6-8-31-9-7-28/h2-5,15-16,25H,6-13H2,1H3. The molecule has 1 N–H and O–H groups in total. The molecule has 1 aromatic heterocycles. The Morgan fingerprint density at radius 3 is 2.47 bits per heavy atom. The van der Waals surface area contributed by atoms with Gasteiger partial charge < -0.3 is 24.4 Å². The van der Waals surface area contributed by atoms with E-state index in [1.165, 1.54) is 12.1 Å². The van der Waals surface area contributed by atoms with Crippen LogP contribution in [0.5, 0.6) is 0 Å². The number of alkyl halides is 3. The zero-order valence-electron chi connectivity index (χ0n) is 17.8. The summed E-state index contributed by atoms with van der Waals surface area (Å²) in [6.07, 6.45) is -3.78. The van der Waals surface area contributed by atoms with E-state index in [0.717, 1.165) is 17.7 Å². The fourth-order valence-electron chi connectivity index (χ4n) is 4.24. The lowest BCUT2D eigenvalue weighted by Crippen LogP contribution is -2.52. The Hall–Kier alpha value is -2.66. The minimum Gasteiger partial charge on any atom is -0.378 e. The zero-order valence-corrected chi connectivity index (χ0v) is 17.8. The fraction of sp³-hybridized carbons (Fsp3) is 0.571. The van der Waals surface area contributed by atoms with Gasteiger partial charge in [-0.1, -0.05) is 17.3 Å². The van der Waals surface area contributed by atoms with Gasteiger partial charge in [0, 0.05) is 38.0 Å². The first kappa shape index (κ1) is 22.5. The maximum absolute atomic E-state index is 13.2. The van der Waals surface area contributed by atoms with Crippen LogP contribution >= 0.6 is 0 Å². The summed E-state index contributed by atoms with van der Waals surface area (Å²) in [6, 6.07) is 5.07. The number of benzene rings is 1. The number of carbonyl (C=O) groups excluding carboxylic acids is 1. The van der Waals surface area contributed by atoms with E-state index in [1.807, 2.05) is 0 Å². The Kier molecular flexibility index (Phi) is 6.66. The maximum atomic E-state index is 13.2. The summed E-state index contributed by atoms with van der Waals surface area (Å²) >= 11 is 0. The predicted molar refractivity (Wildman–Crippen MR) is 108 cm³/mol. The lowest BCUT2D eigenvalue weighted by Gasteiger charge is -2.40. The summed E-state index contributed by atoms with van der Waals surface area (Å²) in [5, 5.41) is 7.04. The van der Waals surface area contributed by atoms with Gasteiger partial charge in [0.25, 0.3) is 0 Å². The minimum atomic E-state index is -4.39. The molecule has 0 aliphatic carbocycles. The lowest BCUT2D eigenvalue weighted by atomic mass is 9.84. The van der Waals surface area contributed by atoms with Gasteiger partial charge in [-0.05, 0) is 31.2 Å². The molecule has 2 aromatic rings. The Balaban J connectivity index is 1.57. The van der Waals surface area contributed by atoms with E-state index < -0.39 is 11.7 Å². The van der Waals surface area contributed by atoms with Gasteiger partial charge in [-0.25, -0.2) is 4.79 Å². The number of urea groups is 1. The molecular weight excluding hydrogens is 427 g/mol. The molecule has 2 fully saturated rings. The first-order valence-electron chi connectivity index (χ1n) is 10.6. The number of likely N-dealkylation sites (tertiary alicyclic amines) is 1. The van der Waals surface area contributed by atoms with Crippen molar-refractivity contribution in [2.24, 2.45) is 0 Å². The van der Waals surface area contributed by atoms with Crippen LogP contribution in [0.15, 0.2) is 28.8 Å². The molecule has 0 saturated carbocycles. The molecule has 11 heteroatoms. The van der Waals surface area contributed by atoms with E-state index in [2.05, 4.69) is 15.5 Å². The molecule has 2 aliphatic heterocycles. The van der Waals surface area contributed by atoms with Crippen molar-refractivity contribution in [2.45, 2.75) is 31.0 Å². The second-order valence-corrected chi connectivity index (χ2v) is 8.11. The highest BCUT2D eigenvalue weighted by Crippen LogP contribution is 2.37. The van der Waals surface area contributed by atoms with Crippen molar-refractivity contribution in [2.75, 3.05) is 46.4 Å². The number of nitrogens with zero attached hydrogens (tertiary/aromatic N) is 4. The van der Waals surface area contributed by atoms with Gasteiger partial charge in [0.2, 0.25) is 5.89 Å². The number of halogens is 3. The SMILES string of the molecule is CNCc1nc(C2CC(c3ccc(C(F)(F)F)cc3)CN(C(=O)N3CCOCC3)C2)no1. The van der Waals surface area contributed by atoms with Crippen molar-refractivity contribution >= 4 is 6.03 Å². The number of aromatic nitrogens is 2. The van der Waals surface area contributed by atoms with Gasteiger partial charge in [-0.2, -0.15) is 18.2 Å². The summed E-state index contributed by atoms with van der Waals surface area (Å²) in [7, 11) is 1.77. The summed E-state index contributed by atoms with van der Waals surface area (Å²) in [4.78, 5) is 21.1. The Labute approximate surface area is 183 Å². The largest absolute Gasteiger partial charge is 0.416 e. The Morgan fingerprint density at radius 2 is 1.81 bits per heavy atom. The second kappa shape index (κ2) is 9.45. The number of amides is 2. The summed E-state index contributed by atoms with van der Waals surface area (Å²) in [5.74, 6) is 0.625. The number of morpholine rings is 1. The molecule has 3 heterocycles. The topological polar surface area (TPSA) is 83.7 Å². The van der Waals surface area contributed by atoms with Gasteiger partial charge in [-0.3, -0.25) is 0 Å². The van der Waals surface area contributed by atoms with Crippen molar-refractivity contribution in [3.63, 3.8) is 0 Å². The quantitative estimate of drug-likeness (QED) is 0.767. The molecule has 2 unspecified atom stereocenters. The monoisotopic (exact) mass is 453 g/mol. The van der Waals surface area contributed by atoms with E-state index >= 15 is 0 Å². The highest BCUT2D eigenvalue weighted by atomic mass is 19.4. The first-order valence-corrected chi connectivity index (χ1v) is 10.6. The Bertz CT molecular complexity index is 912. The number of hydrogen-bond donors (Lipinski definition) is 1. The molecule has 0 bridgehead atoms. The number of ether oxygens (including phenoxy) is 1. The molecule has 2 atom stereocenters. The Morgan fingerprint density at radius 1 is 1.12 bits per heavy atom. The van der Waals surface area contributed by atoms with Crippen LogP contribution in [0.25, 0.3) is 0 Å². The van der Waals surface area contributed by atoms with Gasteiger partial charge in [0.15, 0.2) is 5.82 Å². The van der Waals surface area contributed by atoms with Crippen LogP contribution in [-0.4, -0.2) is 72.4 Å². The summed E-state index contributed by atoms with van der Waals surface area (Å²) < 4.78 is 49.6. The normalized spacial score (nSPS) is 22.2. The highest BCUT2D eigenvalue weighted by molar-refractivity contribution is 5.75. The predicted octanol–water partition coefficient (Wildman–Crippen LogP) is 2.83. The van der Waals surface area contributed by atoms with Crippen molar-refractivity contribution in [1.29, 1.82) is 0 Å². The van der Waals surface area contributed by atoms with Gasteiger partial charge >= 0.3 is 12.2 Å². The molecule has 2 saturated heterocycles. The van der Waals surface area contributed by atoms with Crippen LogP contribution in [0.4, 0.5) is 18.0 Å². The summed E-state index contributed by atoms with van der Waals surface area (Å²) in [6.45, 7) is 3.27. The molecule has 32 heavy (non-hydrogen) atoms. The third kappa shape index (κ3) is 5.04. The van der Waals surface area contributed by atoms with E-state index in [9.17, 15) is 18.0 Å². The smallest absolute Gasteiger partial charge is 0.378 e. The molecule has 2 aliphatic rings. The number of piperidine rings is 1. The number of carbonyl (C=O) groups is 1. The van der Waals surface area contributed by atoms with Crippen LogP contribution < -0.4 is 5.32 Å². The van der Waals surface area contributed by atoms with Crippen molar-refractivity contribution < 1.29 is 27.2 Å². The minimum absolute atomic E-state index is 0.103. The molecule has 8 nitrogen and oxygen atoms in total. The third-order valence-electron chi connectivity index (χ3n) is 5.89. The molecule has 0 radical (unpaired) electrons. The van der Waals surface area contributed by atoms with Gasteiger partial charge in [0.1, 0.15) is 0 Å². The average molecular weight is 453 g/mol.